The van der Waals surface area contributed by atoms with Gasteiger partial charge in [0.15, 0.2) is 15.8 Å². The zero-order valence-electron chi connectivity index (χ0n) is 14.8. The first-order valence-electron chi connectivity index (χ1n) is 8.83. The summed E-state index contributed by atoms with van der Waals surface area (Å²) in [5.74, 6) is 1.06. The minimum absolute atomic E-state index is 0.207. The maximum absolute atomic E-state index is 12.1. The molecule has 0 spiro atoms. The van der Waals surface area contributed by atoms with Gasteiger partial charge in [-0.15, -0.1) is 0 Å². The topological polar surface area (TPSA) is 65.0 Å². The van der Waals surface area contributed by atoms with Crippen molar-refractivity contribution in [2.45, 2.75) is 44.8 Å². The number of hydrogen-bond donors (Lipinski definition) is 1. The first-order chi connectivity index (χ1) is 10.9. The highest BCUT2D eigenvalue weighted by Gasteiger charge is 2.40. The minimum Gasteiger partial charge on any atom is -0.357 e. The van der Waals surface area contributed by atoms with Crippen LogP contribution in [-0.2, 0) is 9.84 Å². The van der Waals surface area contributed by atoms with Gasteiger partial charge in [-0.05, 0) is 59.7 Å². The maximum Gasteiger partial charge on any atom is 0.193 e. The second-order valence-electron chi connectivity index (χ2n) is 7.14. The number of hydrogen-bond acceptors (Lipinski definition) is 4. The van der Waals surface area contributed by atoms with E-state index < -0.39 is 14.6 Å². The lowest BCUT2D eigenvalue weighted by Crippen LogP contribution is -2.57. The molecule has 0 atom stereocenters. The Morgan fingerprint density at radius 2 is 1.91 bits per heavy atom. The largest absolute Gasteiger partial charge is 0.357 e. The predicted octanol–water partition coefficient (Wildman–Crippen LogP) is 0.947. The Labute approximate surface area is 141 Å². The summed E-state index contributed by atoms with van der Waals surface area (Å²) >= 11 is 0. The molecule has 0 amide bonds. The van der Waals surface area contributed by atoms with Gasteiger partial charge in [-0.25, -0.2) is 8.42 Å². The average molecular weight is 345 g/mol. The molecule has 6 nitrogen and oxygen atoms in total. The van der Waals surface area contributed by atoms with E-state index in [1.54, 1.807) is 0 Å². The average Bonchev–Trinajstić information content (AvgIpc) is 2.98. The highest BCUT2D eigenvalue weighted by molar-refractivity contribution is 7.92. The van der Waals surface area contributed by atoms with Crippen LogP contribution in [0.3, 0.4) is 0 Å². The summed E-state index contributed by atoms with van der Waals surface area (Å²) in [5, 5.41) is 3.31. The van der Waals surface area contributed by atoms with Crippen LogP contribution < -0.4 is 5.32 Å². The monoisotopic (exact) mass is 344 g/mol. The number of guanidine groups is 1. The van der Waals surface area contributed by atoms with Crippen LogP contribution in [-0.4, -0.2) is 80.5 Å². The molecule has 2 aliphatic heterocycles. The van der Waals surface area contributed by atoms with Crippen molar-refractivity contribution in [1.82, 2.24) is 15.1 Å². The Balaban J connectivity index is 1.90. The molecule has 2 aliphatic rings. The van der Waals surface area contributed by atoms with Gasteiger partial charge >= 0.3 is 0 Å². The highest BCUT2D eigenvalue weighted by atomic mass is 32.2. The van der Waals surface area contributed by atoms with Crippen molar-refractivity contribution in [3.8, 4) is 0 Å². The molecule has 7 heteroatoms. The van der Waals surface area contributed by atoms with Gasteiger partial charge in [0.25, 0.3) is 0 Å². The fraction of sp³-hybridized carbons (Fsp3) is 0.938. The van der Waals surface area contributed by atoms with Crippen LogP contribution in [0.4, 0.5) is 0 Å². The molecule has 2 heterocycles. The van der Waals surface area contributed by atoms with Crippen molar-refractivity contribution < 1.29 is 8.42 Å². The van der Waals surface area contributed by atoms with Crippen molar-refractivity contribution in [3.63, 3.8) is 0 Å². The fourth-order valence-corrected chi connectivity index (χ4v) is 4.60. The molecular formula is C16H32N4O2S. The van der Waals surface area contributed by atoms with Crippen molar-refractivity contribution in [2.75, 3.05) is 51.6 Å². The molecule has 0 aromatic heterocycles. The lowest BCUT2D eigenvalue weighted by Gasteiger charge is -2.39. The van der Waals surface area contributed by atoms with Gasteiger partial charge < -0.3 is 15.1 Å². The van der Waals surface area contributed by atoms with Gasteiger partial charge in [-0.2, -0.15) is 0 Å². The number of sulfone groups is 1. The molecular weight excluding hydrogens is 312 g/mol. The van der Waals surface area contributed by atoms with E-state index in [9.17, 15) is 8.42 Å². The van der Waals surface area contributed by atoms with Crippen LogP contribution in [0.25, 0.3) is 0 Å². The zero-order valence-corrected chi connectivity index (χ0v) is 15.7. The first-order valence-corrected chi connectivity index (χ1v) is 10.5. The lowest BCUT2D eigenvalue weighted by atomic mass is 10.2. The smallest absolute Gasteiger partial charge is 0.193 e. The highest BCUT2D eigenvalue weighted by Crippen LogP contribution is 2.23. The number of nitrogens with one attached hydrogen (secondary N) is 1. The van der Waals surface area contributed by atoms with Crippen LogP contribution >= 0.6 is 0 Å². The molecule has 0 aliphatic carbocycles. The molecule has 23 heavy (non-hydrogen) atoms. The van der Waals surface area contributed by atoms with Gasteiger partial charge in [0.1, 0.15) is 0 Å². The lowest BCUT2D eigenvalue weighted by molar-refractivity contribution is 0.333. The van der Waals surface area contributed by atoms with E-state index in [0.29, 0.717) is 13.1 Å². The zero-order chi connectivity index (χ0) is 16.9. The van der Waals surface area contributed by atoms with E-state index in [2.05, 4.69) is 15.1 Å². The normalized spacial score (nSPS) is 24.8. The summed E-state index contributed by atoms with van der Waals surface area (Å²) in [6, 6.07) is 0. The molecule has 134 valence electrons. The van der Waals surface area contributed by atoms with E-state index in [0.717, 1.165) is 32.0 Å². The number of likely N-dealkylation sites (tertiary alicyclic amines) is 1. The summed E-state index contributed by atoms with van der Waals surface area (Å²) in [6.07, 6.45) is 3.71. The molecule has 2 rings (SSSR count). The number of nitrogens with zero attached hydrogens (tertiary/aromatic N) is 3. The first kappa shape index (κ1) is 18.5. The quantitative estimate of drug-likeness (QED) is 0.457. The summed E-state index contributed by atoms with van der Waals surface area (Å²) in [5.41, 5.74) is 0. The van der Waals surface area contributed by atoms with E-state index >= 15 is 0 Å². The van der Waals surface area contributed by atoms with Crippen molar-refractivity contribution in [3.05, 3.63) is 0 Å². The summed E-state index contributed by atoms with van der Waals surface area (Å²) < 4.78 is 23.6. The molecule has 2 saturated heterocycles. The minimum atomic E-state index is -3.01. The Morgan fingerprint density at radius 3 is 2.52 bits per heavy atom. The van der Waals surface area contributed by atoms with Crippen LogP contribution in [0, 0.1) is 0 Å². The molecule has 0 unspecified atom stereocenters. The molecule has 0 saturated carbocycles. The number of aliphatic imine (C=N–C) groups is 1. The standard InChI is InChI=1S/C16H32N4O2S/c1-4-17-15(18-8-7-11-19-9-5-6-10-19)20-12-13-23(21,22)16(2,3)14-20/h4-14H2,1-3H3,(H,17,18). The SMILES string of the molecule is CCNC(=NCCCN1CCCC1)N1CCS(=O)(=O)C(C)(C)C1. The predicted molar refractivity (Wildman–Crippen MR) is 95.7 cm³/mol. The summed E-state index contributed by atoms with van der Waals surface area (Å²) in [6.45, 7) is 11.9. The van der Waals surface area contributed by atoms with Gasteiger partial charge in [-0.1, -0.05) is 0 Å². The molecule has 0 aromatic carbocycles. The Kier molecular flexibility index (Phi) is 6.31. The Bertz CT molecular complexity index is 510. The van der Waals surface area contributed by atoms with Gasteiger partial charge in [0, 0.05) is 26.2 Å². The van der Waals surface area contributed by atoms with Gasteiger partial charge in [0.05, 0.1) is 10.5 Å². The fourth-order valence-electron chi connectivity index (χ4n) is 3.24. The summed E-state index contributed by atoms with van der Waals surface area (Å²) in [7, 11) is -3.01. The molecule has 2 fully saturated rings. The third-order valence-electron chi connectivity index (χ3n) is 4.77. The second-order valence-corrected chi connectivity index (χ2v) is 9.88. The van der Waals surface area contributed by atoms with Crippen LogP contribution in [0.1, 0.15) is 40.0 Å². The van der Waals surface area contributed by atoms with E-state index in [4.69, 9.17) is 4.99 Å². The Hall–Kier alpha value is -0.820. The number of rotatable bonds is 5. The molecule has 1 N–H and O–H groups in total. The van der Waals surface area contributed by atoms with Gasteiger partial charge in [-0.3, -0.25) is 4.99 Å². The van der Waals surface area contributed by atoms with Crippen molar-refractivity contribution >= 4 is 15.8 Å². The van der Waals surface area contributed by atoms with Crippen LogP contribution in [0.15, 0.2) is 4.99 Å². The third kappa shape index (κ3) is 4.83. The van der Waals surface area contributed by atoms with E-state index in [1.165, 1.54) is 25.9 Å². The molecule has 0 bridgehead atoms. The van der Waals surface area contributed by atoms with Crippen LogP contribution in [0.5, 0.6) is 0 Å². The Morgan fingerprint density at radius 1 is 1.22 bits per heavy atom. The van der Waals surface area contributed by atoms with E-state index in [-0.39, 0.29) is 5.75 Å². The van der Waals surface area contributed by atoms with Crippen molar-refractivity contribution in [2.24, 2.45) is 4.99 Å². The molecule has 0 radical (unpaired) electrons. The second kappa shape index (κ2) is 7.83. The third-order valence-corrected chi connectivity index (χ3v) is 7.30. The molecule has 0 aromatic rings. The van der Waals surface area contributed by atoms with Crippen LogP contribution in [0.2, 0.25) is 0 Å². The van der Waals surface area contributed by atoms with E-state index in [1.807, 2.05) is 20.8 Å². The maximum atomic E-state index is 12.1. The van der Waals surface area contributed by atoms with Gasteiger partial charge in [0.2, 0.25) is 0 Å². The summed E-state index contributed by atoms with van der Waals surface area (Å²) in [4.78, 5) is 9.32. The van der Waals surface area contributed by atoms with Crippen molar-refractivity contribution in [1.29, 1.82) is 0 Å².